The zero-order valence-electron chi connectivity index (χ0n) is 13.4. The monoisotopic (exact) mass is 340 g/mol. The minimum atomic E-state index is -0.338. The van der Waals surface area contributed by atoms with Crippen molar-refractivity contribution in [3.63, 3.8) is 0 Å². The Bertz CT molecular complexity index is 967. The Morgan fingerprint density at radius 3 is 2.88 bits per heavy atom. The van der Waals surface area contributed by atoms with E-state index in [0.717, 1.165) is 40.4 Å². The van der Waals surface area contributed by atoms with E-state index in [-0.39, 0.29) is 10.6 Å². The maximum Gasteiger partial charge on any atom is 0.269 e. The number of nitrogens with zero attached hydrogens (tertiary/aromatic N) is 4. The van der Waals surface area contributed by atoms with E-state index in [2.05, 4.69) is 27.2 Å². The summed E-state index contributed by atoms with van der Waals surface area (Å²) in [6.45, 7) is 5.47. The van der Waals surface area contributed by atoms with Gasteiger partial charge in [0.25, 0.3) is 5.69 Å². The van der Waals surface area contributed by atoms with Crippen molar-refractivity contribution in [3.05, 3.63) is 56.2 Å². The Hall–Kier alpha value is -2.54. The summed E-state index contributed by atoms with van der Waals surface area (Å²) < 4.78 is 0. The summed E-state index contributed by atoms with van der Waals surface area (Å²) in [7, 11) is 0. The molecule has 24 heavy (non-hydrogen) atoms. The highest BCUT2D eigenvalue weighted by Gasteiger charge is 2.23. The van der Waals surface area contributed by atoms with Gasteiger partial charge in [0, 0.05) is 25.2 Å². The lowest BCUT2D eigenvalue weighted by Crippen LogP contribution is -2.31. The summed E-state index contributed by atoms with van der Waals surface area (Å²) in [5.74, 6) is 1.69. The van der Waals surface area contributed by atoms with Crippen LogP contribution in [0.15, 0.2) is 23.6 Å². The van der Waals surface area contributed by atoms with Crippen LogP contribution in [0.1, 0.15) is 22.5 Å². The molecule has 1 aliphatic heterocycles. The highest BCUT2D eigenvalue weighted by molar-refractivity contribution is 7.17. The molecule has 0 fully saturated rings. The van der Waals surface area contributed by atoms with Crippen molar-refractivity contribution in [2.45, 2.75) is 26.8 Å². The minimum absolute atomic E-state index is 0.145. The predicted octanol–water partition coefficient (Wildman–Crippen LogP) is 3.78. The Balaban J connectivity index is 1.78. The van der Waals surface area contributed by atoms with Crippen LogP contribution in [0.2, 0.25) is 0 Å². The van der Waals surface area contributed by atoms with E-state index >= 15 is 0 Å². The van der Waals surface area contributed by atoms with E-state index in [1.807, 2.05) is 13.0 Å². The SMILES string of the molecule is Cc1nc(N2CCc3ccc([N+](=O)[O-])cc3C2)c2c(C)csc2n1. The van der Waals surface area contributed by atoms with Gasteiger partial charge in [0.2, 0.25) is 0 Å². The van der Waals surface area contributed by atoms with Gasteiger partial charge in [-0.2, -0.15) is 0 Å². The number of thiophene rings is 1. The Labute approximate surface area is 142 Å². The molecule has 0 aliphatic carbocycles. The van der Waals surface area contributed by atoms with Crippen molar-refractivity contribution >= 4 is 33.1 Å². The number of nitro groups is 1. The number of aromatic nitrogens is 2. The molecular weight excluding hydrogens is 324 g/mol. The van der Waals surface area contributed by atoms with Gasteiger partial charge in [-0.3, -0.25) is 10.1 Å². The van der Waals surface area contributed by atoms with Crippen LogP contribution in [0.4, 0.5) is 11.5 Å². The topological polar surface area (TPSA) is 72.2 Å². The van der Waals surface area contributed by atoms with E-state index in [0.29, 0.717) is 6.54 Å². The third-order valence-electron chi connectivity index (χ3n) is 4.42. The number of fused-ring (bicyclic) bond motifs is 2. The van der Waals surface area contributed by atoms with Crippen LogP contribution < -0.4 is 4.90 Å². The summed E-state index contributed by atoms with van der Waals surface area (Å²) in [6.07, 6.45) is 0.862. The molecule has 122 valence electrons. The quantitative estimate of drug-likeness (QED) is 0.524. The molecule has 0 bridgehead atoms. The number of non-ortho nitro benzene ring substituents is 1. The maximum atomic E-state index is 11.0. The van der Waals surface area contributed by atoms with E-state index in [1.165, 1.54) is 11.1 Å². The average Bonchev–Trinajstić information content (AvgIpc) is 2.94. The van der Waals surface area contributed by atoms with Gasteiger partial charge in [0.05, 0.1) is 10.3 Å². The largest absolute Gasteiger partial charge is 0.351 e. The Morgan fingerprint density at radius 1 is 1.25 bits per heavy atom. The van der Waals surface area contributed by atoms with E-state index in [1.54, 1.807) is 23.5 Å². The zero-order chi connectivity index (χ0) is 16.8. The molecule has 0 spiro atoms. The lowest BCUT2D eigenvalue weighted by atomic mass is 9.99. The number of rotatable bonds is 2. The van der Waals surface area contributed by atoms with E-state index < -0.39 is 0 Å². The van der Waals surface area contributed by atoms with Gasteiger partial charge in [0.15, 0.2) is 0 Å². The number of anilines is 1. The van der Waals surface area contributed by atoms with Gasteiger partial charge in [-0.05, 0) is 42.3 Å². The van der Waals surface area contributed by atoms with Gasteiger partial charge in [-0.25, -0.2) is 9.97 Å². The van der Waals surface area contributed by atoms with Crippen molar-refractivity contribution in [2.24, 2.45) is 0 Å². The fourth-order valence-corrected chi connectivity index (χ4v) is 4.19. The van der Waals surface area contributed by atoms with Crippen LogP contribution in [-0.2, 0) is 13.0 Å². The molecule has 3 aromatic rings. The Morgan fingerprint density at radius 2 is 2.08 bits per heavy atom. The summed E-state index contributed by atoms with van der Waals surface area (Å²) in [5.41, 5.74) is 3.51. The average molecular weight is 340 g/mol. The number of hydrogen-bond acceptors (Lipinski definition) is 6. The number of hydrogen-bond donors (Lipinski definition) is 0. The highest BCUT2D eigenvalue weighted by atomic mass is 32.1. The summed E-state index contributed by atoms with van der Waals surface area (Å²) in [5, 5.41) is 14.2. The molecule has 0 N–H and O–H groups in total. The van der Waals surface area contributed by atoms with Crippen LogP contribution in [0.25, 0.3) is 10.2 Å². The molecule has 0 radical (unpaired) electrons. The fourth-order valence-electron chi connectivity index (χ4n) is 3.23. The first-order chi connectivity index (χ1) is 11.5. The number of nitro benzene ring substituents is 1. The third kappa shape index (κ3) is 2.41. The lowest BCUT2D eigenvalue weighted by molar-refractivity contribution is -0.384. The predicted molar refractivity (Wildman–Crippen MR) is 94.7 cm³/mol. The molecule has 1 aromatic carbocycles. The summed E-state index contributed by atoms with van der Waals surface area (Å²) >= 11 is 1.63. The molecule has 1 aliphatic rings. The molecule has 0 saturated heterocycles. The van der Waals surface area contributed by atoms with Crippen LogP contribution in [0, 0.1) is 24.0 Å². The third-order valence-corrected chi connectivity index (χ3v) is 5.41. The van der Waals surface area contributed by atoms with E-state index in [9.17, 15) is 10.1 Å². The molecule has 2 aromatic heterocycles. The molecule has 6 nitrogen and oxygen atoms in total. The minimum Gasteiger partial charge on any atom is -0.351 e. The second-order valence-corrected chi connectivity index (χ2v) is 6.93. The second-order valence-electron chi connectivity index (χ2n) is 6.07. The first kappa shape index (κ1) is 15.0. The highest BCUT2D eigenvalue weighted by Crippen LogP contribution is 2.34. The smallest absolute Gasteiger partial charge is 0.269 e. The standard InChI is InChI=1S/C17H16N4O2S/c1-10-9-24-17-15(10)16(18-11(2)19-17)20-6-5-12-3-4-14(21(22)23)7-13(12)8-20/h3-4,7,9H,5-6,8H2,1-2H3. The van der Waals surface area contributed by atoms with Gasteiger partial charge >= 0.3 is 0 Å². The molecule has 0 amide bonds. The lowest BCUT2D eigenvalue weighted by Gasteiger charge is -2.30. The normalized spacial score (nSPS) is 14.0. The second kappa shape index (κ2) is 5.52. The molecule has 0 atom stereocenters. The molecule has 0 unspecified atom stereocenters. The maximum absolute atomic E-state index is 11.0. The van der Waals surface area contributed by atoms with Gasteiger partial charge in [-0.15, -0.1) is 11.3 Å². The molecule has 4 rings (SSSR count). The number of aryl methyl sites for hydroxylation is 2. The van der Waals surface area contributed by atoms with Gasteiger partial charge in [-0.1, -0.05) is 6.07 Å². The first-order valence-electron chi connectivity index (χ1n) is 7.76. The number of benzene rings is 1. The Kier molecular flexibility index (Phi) is 3.45. The molecule has 3 heterocycles. The molecule has 0 saturated carbocycles. The van der Waals surface area contributed by atoms with Crippen LogP contribution in [0.5, 0.6) is 0 Å². The van der Waals surface area contributed by atoms with Crippen molar-refractivity contribution in [2.75, 3.05) is 11.4 Å². The first-order valence-corrected chi connectivity index (χ1v) is 8.64. The van der Waals surface area contributed by atoms with Crippen LogP contribution >= 0.6 is 11.3 Å². The molecular formula is C17H16N4O2S. The van der Waals surface area contributed by atoms with Crippen LogP contribution in [-0.4, -0.2) is 21.4 Å². The molecule has 7 heteroatoms. The summed E-state index contributed by atoms with van der Waals surface area (Å²) in [6, 6.07) is 5.15. The van der Waals surface area contributed by atoms with Gasteiger partial charge < -0.3 is 4.90 Å². The van der Waals surface area contributed by atoms with E-state index in [4.69, 9.17) is 0 Å². The van der Waals surface area contributed by atoms with Crippen LogP contribution in [0.3, 0.4) is 0 Å². The fraction of sp³-hybridized carbons (Fsp3) is 0.294. The zero-order valence-corrected chi connectivity index (χ0v) is 14.3. The van der Waals surface area contributed by atoms with Gasteiger partial charge in [0.1, 0.15) is 16.5 Å². The van der Waals surface area contributed by atoms with Crippen molar-refractivity contribution in [1.82, 2.24) is 9.97 Å². The van der Waals surface area contributed by atoms with Crippen molar-refractivity contribution in [1.29, 1.82) is 0 Å². The van der Waals surface area contributed by atoms with Crippen molar-refractivity contribution in [3.8, 4) is 0 Å². The van der Waals surface area contributed by atoms with Crippen molar-refractivity contribution < 1.29 is 4.92 Å². The summed E-state index contributed by atoms with van der Waals surface area (Å²) in [4.78, 5) is 23.1.